The normalized spacial score (nSPS) is 13.1. The molecule has 1 atom stereocenters. The minimum atomic E-state index is -0.103. The van der Waals surface area contributed by atoms with Crippen LogP contribution in [0, 0.1) is 0 Å². The summed E-state index contributed by atoms with van der Waals surface area (Å²) in [5.41, 5.74) is 1.98. The predicted molar refractivity (Wildman–Crippen MR) is 82.1 cm³/mol. The number of allylic oxidation sites excluding steroid dienone is 1. The summed E-state index contributed by atoms with van der Waals surface area (Å²) >= 11 is 1.66. The molecule has 3 nitrogen and oxygen atoms in total. The molecule has 1 aromatic carbocycles. The maximum atomic E-state index is 11.9. The molecule has 0 aliphatic heterocycles. The van der Waals surface area contributed by atoms with Gasteiger partial charge in [0.15, 0.2) is 0 Å². The molecule has 4 heteroatoms. The molecule has 1 amide bonds. The Kier molecular flexibility index (Phi) is 7.30. The minimum Gasteiger partial charge on any atom is -0.396 e. The van der Waals surface area contributed by atoms with Crippen molar-refractivity contribution >= 4 is 23.2 Å². The molecule has 0 spiro atoms. The van der Waals surface area contributed by atoms with E-state index >= 15 is 0 Å². The third-order valence-electron chi connectivity index (χ3n) is 2.77. The van der Waals surface area contributed by atoms with E-state index < -0.39 is 0 Å². The molecule has 0 aliphatic rings. The van der Waals surface area contributed by atoms with Gasteiger partial charge in [-0.2, -0.15) is 11.8 Å². The molecule has 0 heterocycles. The number of rotatable bonds is 7. The van der Waals surface area contributed by atoms with E-state index in [0.717, 1.165) is 16.9 Å². The maximum Gasteiger partial charge on any atom is 0.244 e. The summed E-state index contributed by atoms with van der Waals surface area (Å²) in [5.74, 6) is 0.707. The van der Waals surface area contributed by atoms with Crippen molar-refractivity contribution in [2.24, 2.45) is 0 Å². The first-order valence-electron chi connectivity index (χ1n) is 6.31. The van der Waals surface area contributed by atoms with E-state index in [1.54, 1.807) is 17.8 Å². The molecule has 0 fully saturated rings. The molecule has 0 saturated heterocycles. The van der Waals surface area contributed by atoms with Crippen LogP contribution in [-0.4, -0.2) is 35.7 Å². The topological polar surface area (TPSA) is 49.3 Å². The Bertz CT molecular complexity index is 411. The monoisotopic (exact) mass is 279 g/mol. The van der Waals surface area contributed by atoms with Gasteiger partial charge in [0, 0.05) is 24.5 Å². The quantitative estimate of drug-likeness (QED) is 0.753. The van der Waals surface area contributed by atoms with Crippen LogP contribution in [0.3, 0.4) is 0 Å². The van der Waals surface area contributed by atoms with E-state index in [9.17, 15) is 4.79 Å². The van der Waals surface area contributed by atoms with Gasteiger partial charge in [-0.05, 0) is 30.7 Å². The third kappa shape index (κ3) is 5.94. The fourth-order valence-corrected chi connectivity index (χ4v) is 2.43. The van der Waals surface area contributed by atoms with E-state index in [4.69, 9.17) is 5.11 Å². The highest BCUT2D eigenvalue weighted by Gasteiger charge is 2.10. The molecule has 1 aromatic rings. The Hall–Kier alpha value is -1.26. The van der Waals surface area contributed by atoms with Gasteiger partial charge in [0.25, 0.3) is 0 Å². The number of benzene rings is 1. The van der Waals surface area contributed by atoms with Gasteiger partial charge in [-0.25, -0.2) is 0 Å². The van der Waals surface area contributed by atoms with E-state index in [1.807, 2.05) is 43.5 Å². The first-order valence-corrected chi connectivity index (χ1v) is 7.70. The number of thioether (sulfide) groups is 1. The van der Waals surface area contributed by atoms with Crippen molar-refractivity contribution in [3.05, 3.63) is 42.0 Å². The molecule has 19 heavy (non-hydrogen) atoms. The first-order chi connectivity index (χ1) is 9.17. The molecule has 0 aliphatic carbocycles. The molecule has 0 bridgehead atoms. The average Bonchev–Trinajstić information content (AvgIpc) is 2.40. The van der Waals surface area contributed by atoms with E-state index in [2.05, 4.69) is 5.32 Å². The van der Waals surface area contributed by atoms with Crippen LogP contribution in [0.1, 0.15) is 18.9 Å². The van der Waals surface area contributed by atoms with E-state index in [1.165, 1.54) is 0 Å². The SMILES string of the molecule is CSCC(CCO)NC(=O)/C=C(/C)c1ccccc1. The fraction of sp³-hybridized carbons (Fsp3) is 0.400. The van der Waals surface area contributed by atoms with Crippen LogP contribution in [0.4, 0.5) is 0 Å². The summed E-state index contributed by atoms with van der Waals surface area (Å²) in [7, 11) is 0. The lowest BCUT2D eigenvalue weighted by Crippen LogP contribution is -2.36. The second kappa shape index (κ2) is 8.77. The lowest BCUT2D eigenvalue weighted by Gasteiger charge is -2.15. The number of hydrogen-bond donors (Lipinski definition) is 2. The van der Waals surface area contributed by atoms with Crippen molar-refractivity contribution in [1.29, 1.82) is 0 Å². The predicted octanol–water partition coefficient (Wildman–Crippen LogP) is 2.32. The molecule has 1 rings (SSSR count). The van der Waals surface area contributed by atoms with Gasteiger partial charge in [0.05, 0.1) is 0 Å². The molecule has 1 unspecified atom stereocenters. The number of nitrogens with one attached hydrogen (secondary N) is 1. The van der Waals surface area contributed by atoms with Gasteiger partial charge < -0.3 is 10.4 Å². The summed E-state index contributed by atoms with van der Waals surface area (Å²) < 4.78 is 0. The summed E-state index contributed by atoms with van der Waals surface area (Å²) in [6.07, 6.45) is 4.19. The molecule has 2 N–H and O–H groups in total. The van der Waals surface area contributed by atoms with Crippen LogP contribution in [-0.2, 0) is 4.79 Å². The van der Waals surface area contributed by atoms with Crippen LogP contribution in [0.25, 0.3) is 5.57 Å². The van der Waals surface area contributed by atoms with Crippen LogP contribution < -0.4 is 5.32 Å². The van der Waals surface area contributed by atoms with Crippen LogP contribution >= 0.6 is 11.8 Å². The van der Waals surface area contributed by atoms with Crippen molar-refractivity contribution in [1.82, 2.24) is 5.32 Å². The highest BCUT2D eigenvalue weighted by molar-refractivity contribution is 7.98. The van der Waals surface area contributed by atoms with Crippen molar-refractivity contribution in [3.8, 4) is 0 Å². The number of amides is 1. The van der Waals surface area contributed by atoms with Crippen molar-refractivity contribution in [3.63, 3.8) is 0 Å². The zero-order valence-corrected chi connectivity index (χ0v) is 12.2. The molecule has 0 radical (unpaired) electrons. The fourth-order valence-electron chi connectivity index (χ4n) is 1.78. The van der Waals surface area contributed by atoms with Crippen LogP contribution in [0.2, 0.25) is 0 Å². The van der Waals surface area contributed by atoms with Crippen LogP contribution in [0.5, 0.6) is 0 Å². The molecular formula is C15H21NO2S. The standard InChI is InChI=1S/C15H21NO2S/c1-12(13-6-4-3-5-7-13)10-15(18)16-14(8-9-17)11-19-2/h3-7,10,14,17H,8-9,11H2,1-2H3,(H,16,18)/b12-10-. The minimum absolute atomic E-state index is 0.0207. The number of hydrogen-bond acceptors (Lipinski definition) is 3. The van der Waals surface area contributed by atoms with Crippen molar-refractivity contribution in [2.45, 2.75) is 19.4 Å². The smallest absolute Gasteiger partial charge is 0.244 e. The van der Waals surface area contributed by atoms with Gasteiger partial charge in [0.1, 0.15) is 0 Å². The summed E-state index contributed by atoms with van der Waals surface area (Å²) in [4.78, 5) is 11.9. The second-order valence-electron chi connectivity index (χ2n) is 4.37. The first kappa shape index (κ1) is 15.8. The largest absolute Gasteiger partial charge is 0.396 e. The Balaban J connectivity index is 2.62. The van der Waals surface area contributed by atoms with Gasteiger partial charge >= 0.3 is 0 Å². The van der Waals surface area contributed by atoms with Gasteiger partial charge in [-0.3, -0.25) is 4.79 Å². The Morgan fingerprint density at radius 2 is 2.11 bits per heavy atom. The molecule has 0 aromatic heterocycles. The lowest BCUT2D eigenvalue weighted by molar-refractivity contribution is -0.117. The summed E-state index contributed by atoms with van der Waals surface area (Å²) in [6.45, 7) is 2.01. The molecular weight excluding hydrogens is 258 g/mol. The van der Waals surface area contributed by atoms with E-state index in [-0.39, 0.29) is 18.6 Å². The second-order valence-corrected chi connectivity index (χ2v) is 5.28. The average molecular weight is 279 g/mol. The lowest BCUT2D eigenvalue weighted by atomic mass is 10.1. The zero-order chi connectivity index (χ0) is 14.1. The number of carbonyl (C=O) groups excluding carboxylic acids is 1. The summed E-state index contributed by atoms with van der Waals surface area (Å²) in [6, 6.07) is 9.83. The number of carbonyl (C=O) groups is 1. The van der Waals surface area contributed by atoms with Crippen molar-refractivity contribution in [2.75, 3.05) is 18.6 Å². The Labute approximate surface area is 119 Å². The molecule has 0 saturated carbocycles. The Morgan fingerprint density at radius 1 is 1.42 bits per heavy atom. The van der Waals surface area contributed by atoms with Gasteiger partial charge in [-0.1, -0.05) is 30.3 Å². The third-order valence-corrected chi connectivity index (χ3v) is 3.50. The van der Waals surface area contributed by atoms with Gasteiger partial charge in [-0.15, -0.1) is 0 Å². The van der Waals surface area contributed by atoms with E-state index in [0.29, 0.717) is 6.42 Å². The maximum absolute atomic E-state index is 11.9. The van der Waals surface area contributed by atoms with Gasteiger partial charge in [0.2, 0.25) is 5.91 Å². The highest BCUT2D eigenvalue weighted by atomic mass is 32.2. The number of aliphatic hydroxyl groups is 1. The van der Waals surface area contributed by atoms with Crippen LogP contribution in [0.15, 0.2) is 36.4 Å². The molecule has 104 valence electrons. The summed E-state index contributed by atoms with van der Waals surface area (Å²) in [5, 5.41) is 11.9. The van der Waals surface area contributed by atoms with Crippen molar-refractivity contribution < 1.29 is 9.90 Å². The Morgan fingerprint density at radius 3 is 2.68 bits per heavy atom. The highest BCUT2D eigenvalue weighted by Crippen LogP contribution is 2.12. The number of aliphatic hydroxyl groups excluding tert-OH is 1. The zero-order valence-electron chi connectivity index (χ0n) is 11.4.